The molecule has 2 amide bonds. The zero-order chi connectivity index (χ0) is 17.7. The topological polar surface area (TPSA) is 49.9 Å². The molecule has 1 aromatic carbocycles. The molecule has 1 heterocycles. The number of thiophene rings is 1. The minimum absolute atomic E-state index is 0.0596. The van der Waals surface area contributed by atoms with Crippen molar-refractivity contribution in [2.75, 3.05) is 34.3 Å². The van der Waals surface area contributed by atoms with E-state index in [1.54, 1.807) is 21.2 Å². The standard InChI is InChI=1S/C18H22N2O3S/c1-5-20(12-16(21)19(2)3)18(22)17-14(23-4)11-15(24-17)13-9-7-6-8-10-13/h6-11H,5,12H2,1-4H3. The van der Waals surface area contributed by atoms with Crippen LogP contribution in [0.3, 0.4) is 0 Å². The lowest BCUT2D eigenvalue weighted by atomic mass is 10.2. The summed E-state index contributed by atoms with van der Waals surface area (Å²) in [6.07, 6.45) is 0. The first-order valence-corrected chi connectivity index (χ1v) is 8.52. The molecule has 2 aromatic rings. The van der Waals surface area contributed by atoms with Gasteiger partial charge in [-0.3, -0.25) is 9.59 Å². The second-order valence-electron chi connectivity index (χ2n) is 5.48. The molecular weight excluding hydrogens is 324 g/mol. The maximum Gasteiger partial charge on any atom is 0.268 e. The van der Waals surface area contributed by atoms with Crippen LogP contribution in [0.4, 0.5) is 0 Å². The summed E-state index contributed by atoms with van der Waals surface area (Å²) in [5.74, 6) is 0.250. The van der Waals surface area contributed by atoms with Crippen LogP contribution in [0.2, 0.25) is 0 Å². The summed E-state index contributed by atoms with van der Waals surface area (Å²) in [5, 5.41) is 0. The number of carbonyl (C=O) groups is 2. The van der Waals surface area contributed by atoms with Crippen molar-refractivity contribution in [2.45, 2.75) is 6.92 Å². The molecule has 0 aliphatic heterocycles. The highest BCUT2D eigenvalue weighted by atomic mass is 32.1. The number of benzene rings is 1. The van der Waals surface area contributed by atoms with Crippen LogP contribution in [0, 0.1) is 0 Å². The van der Waals surface area contributed by atoms with Crippen molar-refractivity contribution in [3.8, 4) is 16.2 Å². The van der Waals surface area contributed by atoms with Crippen molar-refractivity contribution >= 4 is 23.2 Å². The number of amides is 2. The van der Waals surface area contributed by atoms with E-state index >= 15 is 0 Å². The Balaban J connectivity index is 2.31. The van der Waals surface area contributed by atoms with E-state index < -0.39 is 0 Å². The Morgan fingerprint density at radius 2 is 1.83 bits per heavy atom. The van der Waals surface area contributed by atoms with Crippen LogP contribution < -0.4 is 4.74 Å². The molecule has 1 aromatic heterocycles. The Hall–Kier alpha value is -2.34. The molecule has 0 saturated heterocycles. The smallest absolute Gasteiger partial charge is 0.268 e. The molecule has 0 N–H and O–H groups in total. The van der Waals surface area contributed by atoms with Gasteiger partial charge in [0.25, 0.3) is 5.91 Å². The number of methoxy groups -OCH3 is 1. The van der Waals surface area contributed by atoms with E-state index in [4.69, 9.17) is 4.74 Å². The molecule has 128 valence electrons. The van der Waals surface area contributed by atoms with E-state index in [-0.39, 0.29) is 18.4 Å². The zero-order valence-corrected chi connectivity index (χ0v) is 15.2. The van der Waals surface area contributed by atoms with Gasteiger partial charge in [-0.15, -0.1) is 11.3 Å². The lowest BCUT2D eigenvalue weighted by Gasteiger charge is -2.22. The van der Waals surface area contributed by atoms with Gasteiger partial charge in [-0.05, 0) is 18.6 Å². The second kappa shape index (κ2) is 7.97. The van der Waals surface area contributed by atoms with Crippen molar-refractivity contribution in [3.05, 3.63) is 41.3 Å². The number of rotatable bonds is 6. The van der Waals surface area contributed by atoms with Gasteiger partial charge in [0.15, 0.2) is 0 Å². The van der Waals surface area contributed by atoms with Gasteiger partial charge in [-0.1, -0.05) is 30.3 Å². The molecule has 0 spiro atoms. The quantitative estimate of drug-likeness (QED) is 0.808. The number of carbonyl (C=O) groups excluding carboxylic acids is 2. The van der Waals surface area contributed by atoms with Crippen LogP contribution in [0.25, 0.3) is 10.4 Å². The molecule has 5 nitrogen and oxygen atoms in total. The van der Waals surface area contributed by atoms with Crippen LogP contribution >= 0.6 is 11.3 Å². The summed E-state index contributed by atoms with van der Waals surface area (Å²) in [6.45, 7) is 2.38. The molecule has 2 rings (SSSR count). The average Bonchev–Trinajstić information content (AvgIpc) is 3.03. The van der Waals surface area contributed by atoms with Gasteiger partial charge in [0.1, 0.15) is 17.2 Å². The SMILES string of the molecule is CCN(CC(=O)N(C)C)C(=O)c1sc(-c2ccccc2)cc1OC. The molecule has 0 unspecified atom stereocenters. The summed E-state index contributed by atoms with van der Waals surface area (Å²) in [5.41, 5.74) is 1.03. The van der Waals surface area contributed by atoms with Gasteiger partial charge in [-0.25, -0.2) is 0 Å². The van der Waals surface area contributed by atoms with Gasteiger partial charge in [0.05, 0.1) is 7.11 Å². The summed E-state index contributed by atoms with van der Waals surface area (Å²) >= 11 is 1.38. The highest BCUT2D eigenvalue weighted by Crippen LogP contribution is 2.36. The molecule has 0 aliphatic carbocycles. The molecule has 6 heteroatoms. The van der Waals surface area contributed by atoms with Crippen LogP contribution in [0.15, 0.2) is 36.4 Å². The van der Waals surface area contributed by atoms with Crippen LogP contribution in [-0.2, 0) is 4.79 Å². The third-order valence-electron chi connectivity index (χ3n) is 3.66. The lowest BCUT2D eigenvalue weighted by molar-refractivity contribution is -0.129. The van der Waals surface area contributed by atoms with Gasteiger partial charge < -0.3 is 14.5 Å². The molecule has 0 bridgehead atoms. The normalized spacial score (nSPS) is 10.3. The Labute approximate surface area is 146 Å². The predicted octanol–water partition coefficient (Wildman–Crippen LogP) is 2.97. The van der Waals surface area contributed by atoms with Gasteiger partial charge >= 0.3 is 0 Å². The van der Waals surface area contributed by atoms with Crippen LogP contribution in [0.1, 0.15) is 16.6 Å². The fraction of sp³-hybridized carbons (Fsp3) is 0.333. The molecule has 0 atom stereocenters. The highest BCUT2D eigenvalue weighted by Gasteiger charge is 2.24. The fourth-order valence-electron chi connectivity index (χ4n) is 2.20. The first-order chi connectivity index (χ1) is 11.5. The van der Waals surface area contributed by atoms with Gasteiger partial charge in [0, 0.05) is 25.5 Å². The maximum atomic E-state index is 12.8. The minimum atomic E-state index is -0.184. The molecule has 0 radical (unpaired) electrons. The van der Waals surface area contributed by atoms with Gasteiger partial charge in [-0.2, -0.15) is 0 Å². The van der Waals surface area contributed by atoms with E-state index in [1.165, 1.54) is 21.1 Å². The van der Waals surface area contributed by atoms with E-state index in [9.17, 15) is 9.59 Å². The number of nitrogens with zero attached hydrogens (tertiary/aromatic N) is 2. The van der Waals surface area contributed by atoms with E-state index in [0.29, 0.717) is 17.2 Å². The molecule has 0 fully saturated rings. The van der Waals surface area contributed by atoms with Crippen LogP contribution in [-0.4, -0.2) is 55.9 Å². The highest BCUT2D eigenvalue weighted by molar-refractivity contribution is 7.17. The van der Waals surface area contributed by atoms with Crippen molar-refractivity contribution in [3.63, 3.8) is 0 Å². The Morgan fingerprint density at radius 1 is 1.17 bits per heavy atom. The monoisotopic (exact) mass is 346 g/mol. The van der Waals surface area contributed by atoms with E-state index in [2.05, 4.69) is 0 Å². The minimum Gasteiger partial charge on any atom is -0.495 e. The first-order valence-electron chi connectivity index (χ1n) is 7.70. The summed E-state index contributed by atoms with van der Waals surface area (Å²) in [6, 6.07) is 11.7. The van der Waals surface area contributed by atoms with Gasteiger partial charge in [0.2, 0.25) is 5.91 Å². The number of hydrogen-bond donors (Lipinski definition) is 0. The average molecular weight is 346 g/mol. The summed E-state index contributed by atoms with van der Waals surface area (Å²) in [7, 11) is 4.91. The third kappa shape index (κ3) is 3.94. The molecule has 0 aliphatic rings. The third-order valence-corrected chi connectivity index (χ3v) is 4.82. The molecule has 0 saturated carbocycles. The first kappa shape index (κ1) is 18.0. The summed E-state index contributed by atoms with van der Waals surface area (Å²) < 4.78 is 5.38. The Bertz CT molecular complexity index is 710. The van der Waals surface area contributed by atoms with Crippen molar-refractivity contribution in [2.24, 2.45) is 0 Å². The lowest BCUT2D eigenvalue weighted by Crippen LogP contribution is -2.40. The Morgan fingerprint density at radius 3 is 2.38 bits per heavy atom. The largest absolute Gasteiger partial charge is 0.495 e. The fourth-order valence-corrected chi connectivity index (χ4v) is 3.29. The number of hydrogen-bond acceptors (Lipinski definition) is 4. The maximum absolute atomic E-state index is 12.8. The number of likely N-dealkylation sites (N-methyl/N-ethyl adjacent to an activating group) is 2. The van der Waals surface area contributed by atoms with Crippen molar-refractivity contribution < 1.29 is 14.3 Å². The van der Waals surface area contributed by atoms with Crippen molar-refractivity contribution in [1.82, 2.24) is 9.80 Å². The van der Waals surface area contributed by atoms with Crippen molar-refractivity contribution in [1.29, 1.82) is 0 Å². The Kier molecular flexibility index (Phi) is 5.98. The zero-order valence-electron chi connectivity index (χ0n) is 14.4. The predicted molar refractivity (Wildman–Crippen MR) is 96.6 cm³/mol. The van der Waals surface area contributed by atoms with Crippen LogP contribution in [0.5, 0.6) is 5.75 Å². The van der Waals surface area contributed by atoms with E-state index in [1.807, 2.05) is 43.3 Å². The molecular formula is C18H22N2O3S. The van der Waals surface area contributed by atoms with E-state index in [0.717, 1.165) is 10.4 Å². The number of ether oxygens (including phenoxy) is 1. The summed E-state index contributed by atoms with van der Waals surface area (Å²) in [4.78, 5) is 29.3. The second-order valence-corrected chi connectivity index (χ2v) is 6.53. The molecule has 24 heavy (non-hydrogen) atoms.